The number of benzene rings is 2. The van der Waals surface area contributed by atoms with Gasteiger partial charge in [-0.05, 0) is 29.5 Å². The lowest BCUT2D eigenvalue weighted by atomic mass is 9.92. The molecule has 6 heteroatoms. The zero-order valence-corrected chi connectivity index (χ0v) is 14.2. The normalized spacial score (nSPS) is 21.0. The summed E-state index contributed by atoms with van der Waals surface area (Å²) in [6.07, 6.45) is 1.26. The van der Waals surface area contributed by atoms with Crippen molar-refractivity contribution in [2.75, 3.05) is 6.54 Å². The van der Waals surface area contributed by atoms with Gasteiger partial charge in [-0.3, -0.25) is 14.5 Å². The smallest absolute Gasteiger partial charge is 0.325 e. The summed E-state index contributed by atoms with van der Waals surface area (Å²) in [7, 11) is 0. The fourth-order valence-electron chi connectivity index (χ4n) is 3.73. The maximum absolute atomic E-state index is 13.0. The fourth-order valence-corrected chi connectivity index (χ4v) is 3.73. The van der Waals surface area contributed by atoms with Gasteiger partial charge in [0.1, 0.15) is 12.1 Å². The monoisotopic (exact) mass is 349 g/mol. The topological polar surface area (TPSA) is 78.5 Å². The SMILES string of the molecule is O=C(CN1C(=O)NC2(CCc3ccccc32)C1=O)NCc1ccccc1. The molecule has 2 N–H and O–H groups in total. The van der Waals surface area contributed by atoms with Gasteiger partial charge in [-0.15, -0.1) is 0 Å². The summed E-state index contributed by atoms with van der Waals surface area (Å²) in [6, 6.07) is 16.6. The van der Waals surface area contributed by atoms with E-state index in [4.69, 9.17) is 0 Å². The molecule has 1 aliphatic heterocycles. The summed E-state index contributed by atoms with van der Waals surface area (Å²) in [5.74, 6) is -0.706. The molecule has 0 saturated carbocycles. The van der Waals surface area contributed by atoms with Gasteiger partial charge in [0.2, 0.25) is 5.91 Å². The second-order valence-corrected chi connectivity index (χ2v) is 6.65. The molecule has 1 fully saturated rings. The molecule has 0 bridgehead atoms. The predicted octanol–water partition coefficient (Wildman–Crippen LogP) is 1.70. The van der Waals surface area contributed by atoms with E-state index in [0.29, 0.717) is 13.0 Å². The van der Waals surface area contributed by atoms with Crippen LogP contribution < -0.4 is 10.6 Å². The Labute approximate surface area is 151 Å². The van der Waals surface area contributed by atoms with Gasteiger partial charge in [-0.25, -0.2) is 4.79 Å². The highest BCUT2D eigenvalue weighted by atomic mass is 16.2. The molecule has 1 heterocycles. The molecule has 2 aliphatic rings. The van der Waals surface area contributed by atoms with Crippen molar-refractivity contribution < 1.29 is 14.4 Å². The van der Waals surface area contributed by atoms with Crippen LogP contribution in [0, 0.1) is 0 Å². The first kappa shape index (κ1) is 16.3. The minimum Gasteiger partial charge on any atom is -0.350 e. The van der Waals surface area contributed by atoms with Crippen LogP contribution in [0.4, 0.5) is 4.79 Å². The third-order valence-electron chi connectivity index (χ3n) is 5.06. The number of fused-ring (bicyclic) bond motifs is 2. The second kappa shape index (κ2) is 6.29. The number of imide groups is 1. The van der Waals surface area contributed by atoms with Crippen LogP contribution in [0.5, 0.6) is 0 Å². The van der Waals surface area contributed by atoms with Crippen molar-refractivity contribution in [3.8, 4) is 0 Å². The van der Waals surface area contributed by atoms with E-state index in [1.807, 2.05) is 54.6 Å². The minimum absolute atomic E-state index is 0.276. The van der Waals surface area contributed by atoms with Gasteiger partial charge in [0, 0.05) is 6.54 Å². The summed E-state index contributed by atoms with van der Waals surface area (Å²) in [4.78, 5) is 38.6. The van der Waals surface area contributed by atoms with E-state index in [1.54, 1.807) is 0 Å². The van der Waals surface area contributed by atoms with E-state index in [0.717, 1.165) is 28.0 Å². The molecule has 1 saturated heterocycles. The molecule has 1 spiro atoms. The molecular weight excluding hydrogens is 330 g/mol. The van der Waals surface area contributed by atoms with Crippen molar-refractivity contribution in [2.24, 2.45) is 0 Å². The molecule has 2 aromatic rings. The van der Waals surface area contributed by atoms with E-state index < -0.39 is 11.6 Å². The van der Waals surface area contributed by atoms with E-state index >= 15 is 0 Å². The Morgan fingerprint density at radius 2 is 1.81 bits per heavy atom. The number of aryl methyl sites for hydroxylation is 1. The minimum atomic E-state index is -1.02. The highest BCUT2D eigenvalue weighted by Gasteiger charge is 2.55. The Balaban J connectivity index is 1.46. The lowest BCUT2D eigenvalue weighted by Gasteiger charge is -2.22. The zero-order chi connectivity index (χ0) is 18.1. The molecule has 0 aromatic heterocycles. The third kappa shape index (κ3) is 2.63. The Bertz CT molecular complexity index is 881. The van der Waals surface area contributed by atoms with E-state index in [-0.39, 0.29) is 18.4 Å². The Morgan fingerprint density at radius 1 is 1.08 bits per heavy atom. The highest BCUT2D eigenvalue weighted by molar-refractivity contribution is 6.09. The average Bonchev–Trinajstić information content (AvgIpc) is 3.15. The van der Waals surface area contributed by atoms with Crippen molar-refractivity contribution in [3.63, 3.8) is 0 Å². The molecule has 26 heavy (non-hydrogen) atoms. The van der Waals surface area contributed by atoms with Crippen molar-refractivity contribution >= 4 is 17.8 Å². The van der Waals surface area contributed by atoms with Crippen molar-refractivity contribution in [1.29, 1.82) is 0 Å². The van der Waals surface area contributed by atoms with Crippen LogP contribution in [0.2, 0.25) is 0 Å². The maximum atomic E-state index is 13.0. The van der Waals surface area contributed by atoms with Gasteiger partial charge in [-0.2, -0.15) is 0 Å². The number of urea groups is 1. The zero-order valence-electron chi connectivity index (χ0n) is 14.2. The number of hydrogen-bond acceptors (Lipinski definition) is 3. The first-order chi connectivity index (χ1) is 12.6. The van der Waals surface area contributed by atoms with Crippen LogP contribution in [0.25, 0.3) is 0 Å². The van der Waals surface area contributed by atoms with Crippen LogP contribution in [-0.2, 0) is 28.1 Å². The second-order valence-electron chi connectivity index (χ2n) is 6.65. The van der Waals surface area contributed by atoms with E-state index in [1.165, 1.54) is 0 Å². The predicted molar refractivity (Wildman–Crippen MR) is 95.0 cm³/mol. The lowest BCUT2D eigenvalue weighted by molar-refractivity contribution is -0.135. The molecule has 1 atom stereocenters. The molecule has 6 nitrogen and oxygen atoms in total. The van der Waals surface area contributed by atoms with Gasteiger partial charge in [0.25, 0.3) is 5.91 Å². The summed E-state index contributed by atoms with van der Waals surface area (Å²) in [6.45, 7) is 0.0821. The Morgan fingerprint density at radius 3 is 2.62 bits per heavy atom. The van der Waals surface area contributed by atoms with Crippen molar-refractivity contribution in [2.45, 2.75) is 24.9 Å². The molecular formula is C20H19N3O3. The summed E-state index contributed by atoms with van der Waals surface area (Å²) >= 11 is 0. The van der Waals surface area contributed by atoms with Crippen LogP contribution in [0.15, 0.2) is 54.6 Å². The highest BCUT2D eigenvalue weighted by Crippen LogP contribution is 2.41. The first-order valence-corrected chi connectivity index (χ1v) is 8.63. The van der Waals surface area contributed by atoms with Gasteiger partial charge >= 0.3 is 6.03 Å². The summed E-state index contributed by atoms with van der Waals surface area (Å²) in [5, 5.41) is 5.57. The maximum Gasteiger partial charge on any atom is 0.325 e. The quantitative estimate of drug-likeness (QED) is 0.825. The fraction of sp³-hybridized carbons (Fsp3) is 0.250. The largest absolute Gasteiger partial charge is 0.350 e. The average molecular weight is 349 g/mol. The number of hydrogen-bond donors (Lipinski definition) is 2. The van der Waals surface area contributed by atoms with Crippen LogP contribution >= 0.6 is 0 Å². The molecule has 1 unspecified atom stereocenters. The van der Waals surface area contributed by atoms with Gasteiger partial charge in [0.15, 0.2) is 0 Å². The van der Waals surface area contributed by atoms with Gasteiger partial charge in [-0.1, -0.05) is 54.6 Å². The molecule has 1 aliphatic carbocycles. The van der Waals surface area contributed by atoms with Crippen LogP contribution in [-0.4, -0.2) is 29.3 Å². The van der Waals surface area contributed by atoms with Crippen LogP contribution in [0.1, 0.15) is 23.1 Å². The number of rotatable bonds is 4. The molecule has 4 rings (SSSR count). The molecule has 4 amide bonds. The Hall–Kier alpha value is -3.15. The Kier molecular flexibility index (Phi) is 3.95. The molecule has 2 aromatic carbocycles. The number of carbonyl (C=O) groups is 3. The first-order valence-electron chi connectivity index (χ1n) is 8.63. The standard InChI is InChI=1S/C20H19N3O3/c24-17(21-12-14-6-2-1-3-7-14)13-23-18(25)20(22-19(23)26)11-10-15-8-4-5-9-16(15)20/h1-9H,10-13H2,(H,21,24)(H,22,26). The summed E-state index contributed by atoms with van der Waals surface area (Å²) < 4.78 is 0. The number of amides is 4. The van der Waals surface area contributed by atoms with Crippen molar-refractivity contribution in [3.05, 3.63) is 71.3 Å². The number of nitrogens with zero attached hydrogens (tertiary/aromatic N) is 1. The van der Waals surface area contributed by atoms with E-state index in [2.05, 4.69) is 10.6 Å². The van der Waals surface area contributed by atoms with Gasteiger partial charge < -0.3 is 10.6 Å². The third-order valence-corrected chi connectivity index (χ3v) is 5.06. The molecule has 0 radical (unpaired) electrons. The van der Waals surface area contributed by atoms with Crippen LogP contribution in [0.3, 0.4) is 0 Å². The molecule has 132 valence electrons. The van der Waals surface area contributed by atoms with E-state index in [9.17, 15) is 14.4 Å². The number of carbonyl (C=O) groups excluding carboxylic acids is 3. The van der Waals surface area contributed by atoms with Crippen molar-refractivity contribution in [1.82, 2.24) is 15.5 Å². The number of nitrogens with one attached hydrogen (secondary N) is 2. The lowest BCUT2D eigenvalue weighted by Crippen LogP contribution is -2.43. The van der Waals surface area contributed by atoms with Gasteiger partial charge in [0.05, 0.1) is 0 Å². The summed E-state index contributed by atoms with van der Waals surface area (Å²) in [5.41, 5.74) is 1.84.